The SMILES string of the molecule is CCCOC1=CN=CCC=C1. The zero-order valence-corrected chi connectivity index (χ0v) is 6.79. The molecule has 0 unspecified atom stereocenters. The first kappa shape index (κ1) is 8.05. The summed E-state index contributed by atoms with van der Waals surface area (Å²) in [6.07, 6.45) is 9.54. The number of ether oxygens (including phenoxy) is 1. The Kier molecular flexibility index (Phi) is 3.45. The Labute approximate surface area is 67.3 Å². The van der Waals surface area contributed by atoms with Gasteiger partial charge in [-0.15, -0.1) is 0 Å². The van der Waals surface area contributed by atoms with Crippen molar-refractivity contribution in [1.82, 2.24) is 0 Å². The van der Waals surface area contributed by atoms with E-state index in [1.54, 1.807) is 6.20 Å². The van der Waals surface area contributed by atoms with Gasteiger partial charge in [-0.2, -0.15) is 0 Å². The molecule has 0 atom stereocenters. The van der Waals surface area contributed by atoms with Crippen molar-refractivity contribution in [2.75, 3.05) is 6.61 Å². The van der Waals surface area contributed by atoms with E-state index in [1.807, 2.05) is 18.4 Å². The summed E-state index contributed by atoms with van der Waals surface area (Å²) in [6.45, 7) is 2.86. The fourth-order valence-electron chi connectivity index (χ4n) is 0.780. The molecule has 1 aliphatic heterocycles. The first-order valence-electron chi connectivity index (χ1n) is 3.94. The predicted molar refractivity (Wildman–Crippen MR) is 46.6 cm³/mol. The second-order valence-electron chi connectivity index (χ2n) is 2.35. The van der Waals surface area contributed by atoms with Crippen LogP contribution in [0.4, 0.5) is 0 Å². The largest absolute Gasteiger partial charge is 0.492 e. The Hall–Kier alpha value is -1.05. The summed E-state index contributed by atoms with van der Waals surface area (Å²) >= 11 is 0. The van der Waals surface area contributed by atoms with Gasteiger partial charge in [0.2, 0.25) is 0 Å². The van der Waals surface area contributed by atoms with Crippen molar-refractivity contribution in [3.8, 4) is 0 Å². The van der Waals surface area contributed by atoms with Crippen molar-refractivity contribution in [3.63, 3.8) is 0 Å². The Morgan fingerprint density at radius 1 is 1.64 bits per heavy atom. The molecule has 0 saturated heterocycles. The van der Waals surface area contributed by atoms with E-state index in [1.165, 1.54) is 0 Å². The van der Waals surface area contributed by atoms with Crippen molar-refractivity contribution in [1.29, 1.82) is 0 Å². The molecule has 0 saturated carbocycles. The van der Waals surface area contributed by atoms with Gasteiger partial charge in [0.25, 0.3) is 0 Å². The van der Waals surface area contributed by atoms with Gasteiger partial charge in [-0.25, -0.2) is 0 Å². The molecular formula is C9H13NO. The van der Waals surface area contributed by atoms with Gasteiger partial charge in [0.05, 0.1) is 12.8 Å². The minimum absolute atomic E-state index is 0.770. The van der Waals surface area contributed by atoms with Crippen molar-refractivity contribution in [2.45, 2.75) is 19.8 Å². The molecule has 0 aromatic heterocycles. The summed E-state index contributed by atoms with van der Waals surface area (Å²) in [6, 6.07) is 0. The average Bonchev–Trinajstić information content (AvgIpc) is 2.28. The van der Waals surface area contributed by atoms with Gasteiger partial charge in [0.15, 0.2) is 0 Å². The maximum Gasteiger partial charge on any atom is 0.137 e. The van der Waals surface area contributed by atoms with E-state index in [4.69, 9.17) is 4.74 Å². The molecule has 0 spiro atoms. The van der Waals surface area contributed by atoms with Crippen LogP contribution in [0.15, 0.2) is 29.1 Å². The second kappa shape index (κ2) is 4.72. The van der Waals surface area contributed by atoms with Gasteiger partial charge in [-0.05, 0) is 12.5 Å². The molecule has 2 nitrogen and oxygen atoms in total. The van der Waals surface area contributed by atoms with Crippen LogP contribution < -0.4 is 0 Å². The number of rotatable bonds is 3. The summed E-state index contributed by atoms with van der Waals surface area (Å²) < 4.78 is 5.37. The predicted octanol–water partition coefficient (Wildman–Crippen LogP) is 2.29. The van der Waals surface area contributed by atoms with Gasteiger partial charge in [0, 0.05) is 12.6 Å². The maximum absolute atomic E-state index is 5.37. The van der Waals surface area contributed by atoms with Crippen molar-refractivity contribution >= 4 is 6.21 Å². The molecule has 1 rings (SSSR count). The fraction of sp³-hybridized carbons (Fsp3) is 0.444. The highest BCUT2D eigenvalue weighted by molar-refractivity contribution is 5.61. The molecule has 0 aromatic carbocycles. The van der Waals surface area contributed by atoms with Crippen LogP contribution in [0.25, 0.3) is 0 Å². The second-order valence-corrected chi connectivity index (χ2v) is 2.35. The number of hydrogen-bond donors (Lipinski definition) is 0. The van der Waals surface area contributed by atoms with Gasteiger partial charge >= 0.3 is 0 Å². The van der Waals surface area contributed by atoms with E-state index in [0.717, 1.165) is 25.2 Å². The van der Waals surface area contributed by atoms with Gasteiger partial charge < -0.3 is 4.74 Å². The Balaban J connectivity index is 2.42. The summed E-state index contributed by atoms with van der Waals surface area (Å²) in [5, 5.41) is 0. The Bertz CT molecular complexity index is 192. The average molecular weight is 151 g/mol. The fourth-order valence-corrected chi connectivity index (χ4v) is 0.780. The third-order valence-corrected chi connectivity index (χ3v) is 1.30. The number of aliphatic imine (C=N–C) groups is 1. The molecular weight excluding hydrogens is 138 g/mol. The van der Waals surface area contributed by atoms with Crippen LogP contribution in [0.3, 0.4) is 0 Å². The minimum Gasteiger partial charge on any atom is -0.492 e. The smallest absolute Gasteiger partial charge is 0.137 e. The van der Waals surface area contributed by atoms with Crippen LogP contribution >= 0.6 is 0 Å². The van der Waals surface area contributed by atoms with Crippen LogP contribution in [-0.4, -0.2) is 12.8 Å². The lowest BCUT2D eigenvalue weighted by atomic mass is 10.4. The molecule has 1 heterocycles. The molecule has 0 radical (unpaired) electrons. The summed E-state index contributed by atoms with van der Waals surface area (Å²) in [7, 11) is 0. The number of allylic oxidation sites excluding steroid dienone is 2. The molecule has 2 heteroatoms. The Morgan fingerprint density at radius 3 is 3.36 bits per heavy atom. The Morgan fingerprint density at radius 2 is 2.55 bits per heavy atom. The van der Waals surface area contributed by atoms with E-state index < -0.39 is 0 Å². The van der Waals surface area contributed by atoms with Crippen LogP contribution in [0.5, 0.6) is 0 Å². The number of hydrogen-bond acceptors (Lipinski definition) is 2. The van der Waals surface area contributed by atoms with E-state index >= 15 is 0 Å². The summed E-state index contributed by atoms with van der Waals surface area (Å²) in [5.74, 6) is 0.862. The molecule has 1 aliphatic rings. The van der Waals surface area contributed by atoms with E-state index in [-0.39, 0.29) is 0 Å². The molecule has 0 amide bonds. The zero-order valence-electron chi connectivity index (χ0n) is 6.79. The summed E-state index contributed by atoms with van der Waals surface area (Å²) in [4.78, 5) is 4.03. The van der Waals surface area contributed by atoms with Crippen LogP contribution in [-0.2, 0) is 4.74 Å². The lowest BCUT2D eigenvalue weighted by molar-refractivity contribution is 0.224. The van der Waals surface area contributed by atoms with Crippen LogP contribution in [0.2, 0.25) is 0 Å². The standard InChI is InChI=1S/C9H13NO/c1-2-7-11-9-5-3-4-6-10-8-9/h3,5-6,8H,2,4,7H2,1H3. The van der Waals surface area contributed by atoms with Gasteiger partial charge in [0.1, 0.15) is 5.76 Å². The normalized spacial score (nSPS) is 15.9. The highest BCUT2D eigenvalue weighted by atomic mass is 16.5. The molecule has 0 aliphatic carbocycles. The monoisotopic (exact) mass is 151 g/mol. The molecule has 0 fully saturated rings. The third-order valence-electron chi connectivity index (χ3n) is 1.30. The van der Waals surface area contributed by atoms with E-state index in [9.17, 15) is 0 Å². The molecule has 11 heavy (non-hydrogen) atoms. The first-order valence-corrected chi connectivity index (χ1v) is 3.94. The van der Waals surface area contributed by atoms with Crippen molar-refractivity contribution < 1.29 is 4.74 Å². The van der Waals surface area contributed by atoms with Crippen molar-refractivity contribution in [2.24, 2.45) is 4.99 Å². The van der Waals surface area contributed by atoms with Gasteiger partial charge in [-0.3, -0.25) is 4.99 Å². The van der Waals surface area contributed by atoms with Crippen molar-refractivity contribution in [3.05, 3.63) is 24.1 Å². The summed E-state index contributed by atoms with van der Waals surface area (Å²) in [5.41, 5.74) is 0. The highest BCUT2D eigenvalue weighted by Gasteiger charge is 1.92. The van der Waals surface area contributed by atoms with E-state index in [2.05, 4.69) is 11.9 Å². The zero-order chi connectivity index (χ0) is 7.94. The first-order chi connectivity index (χ1) is 5.43. The molecule has 0 bridgehead atoms. The van der Waals surface area contributed by atoms with Gasteiger partial charge in [-0.1, -0.05) is 13.0 Å². The van der Waals surface area contributed by atoms with E-state index in [0.29, 0.717) is 0 Å². The lowest BCUT2D eigenvalue weighted by Crippen LogP contribution is -1.89. The third kappa shape index (κ3) is 3.03. The lowest BCUT2D eigenvalue weighted by Gasteiger charge is -2.01. The quantitative estimate of drug-likeness (QED) is 0.606. The molecule has 0 N–H and O–H groups in total. The van der Waals surface area contributed by atoms with Crippen LogP contribution in [0.1, 0.15) is 19.8 Å². The van der Waals surface area contributed by atoms with Crippen LogP contribution in [0, 0.1) is 0 Å². The molecule has 0 aromatic rings. The highest BCUT2D eigenvalue weighted by Crippen LogP contribution is 2.04. The molecule has 60 valence electrons. The maximum atomic E-state index is 5.37. The topological polar surface area (TPSA) is 21.6 Å². The number of nitrogens with zero attached hydrogens (tertiary/aromatic N) is 1. The minimum atomic E-state index is 0.770.